The molecule has 4 amide bonds. The van der Waals surface area contributed by atoms with E-state index in [0.717, 1.165) is 12.8 Å². The minimum Gasteiger partial charge on any atom is -0.497 e. The van der Waals surface area contributed by atoms with Gasteiger partial charge in [0.1, 0.15) is 11.3 Å². The molecule has 10 heteroatoms. The Labute approximate surface area is 154 Å². The third-order valence-corrected chi connectivity index (χ3v) is 4.80. The number of nitrogens with one attached hydrogen (secondary N) is 3. The maximum absolute atomic E-state index is 12.4. The Hall–Kier alpha value is -3.43. The molecule has 1 saturated heterocycles. The number of amides is 4. The molecular weight excluding hydrogens is 352 g/mol. The zero-order valence-corrected chi connectivity index (χ0v) is 14.6. The van der Waals surface area contributed by atoms with E-state index in [9.17, 15) is 14.4 Å². The Bertz CT molecular complexity index is 904. The van der Waals surface area contributed by atoms with E-state index in [1.807, 2.05) is 0 Å². The van der Waals surface area contributed by atoms with Gasteiger partial charge in [-0.3, -0.25) is 14.9 Å². The van der Waals surface area contributed by atoms with Crippen LogP contribution >= 0.6 is 0 Å². The SMILES string of the molecule is COc1ccc(-n2ncc(C(=O)NC[C@@]3(C4CC4)NC(=O)NC3=O)n2)cc1. The molecule has 2 aromatic rings. The Morgan fingerprint density at radius 3 is 2.67 bits per heavy atom. The van der Waals surface area contributed by atoms with Crippen molar-refractivity contribution in [1.82, 2.24) is 30.9 Å². The predicted molar refractivity (Wildman–Crippen MR) is 92.4 cm³/mol. The van der Waals surface area contributed by atoms with Gasteiger partial charge in [0, 0.05) is 0 Å². The summed E-state index contributed by atoms with van der Waals surface area (Å²) in [4.78, 5) is 37.5. The number of hydrogen-bond acceptors (Lipinski definition) is 6. The fraction of sp³-hybridized carbons (Fsp3) is 0.353. The van der Waals surface area contributed by atoms with Gasteiger partial charge in [-0.1, -0.05) is 0 Å². The monoisotopic (exact) mass is 370 g/mol. The van der Waals surface area contributed by atoms with Crippen molar-refractivity contribution in [3.8, 4) is 11.4 Å². The molecule has 0 radical (unpaired) electrons. The molecule has 3 N–H and O–H groups in total. The van der Waals surface area contributed by atoms with Gasteiger partial charge in [0.2, 0.25) is 0 Å². The van der Waals surface area contributed by atoms with Gasteiger partial charge in [-0.2, -0.15) is 9.90 Å². The summed E-state index contributed by atoms with van der Waals surface area (Å²) in [6.45, 7) is 0.00344. The molecule has 1 saturated carbocycles. The fourth-order valence-corrected chi connectivity index (χ4v) is 3.15. The number of nitrogens with zero attached hydrogens (tertiary/aromatic N) is 3. The van der Waals surface area contributed by atoms with E-state index in [-0.39, 0.29) is 18.2 Å². The molecule has 10 nitrogen and oxygen atoms in total. The van der Waals surface area contributed by atoms with E-state index in [4.69, 9.17) is 4.74 Å². The Kier molecular flexibility index (Phi) is 4.02. The van der Waals surface area contributed by atoms with Crippen LogP contribution in [0.1, 0.15) is 23.3 Å². The van der Waals surface area contributed by atoms with Crippen LogP contribution in [-0.4, -0.2) is 52.0 Å². The summed E-state index contributed by atoms with van der Waals surface area (Å²) in [5.41, 5.74) is -0.299. The summed E-state index contributed by atoms with van der Waals surface area (Å²) < 4.78 is 5.10. The topological polar surface area (TPSA) is 127 Å². The average Bonchev–Trinajstić information content (AvgIpc) is 3.33. The first kappa shape index (κ1) is 17.0. The number of carbonyl (C=O) groups excluding carboxylic acids is 3. The fourth-order valence-electron chi connectivity index (χ4n) is 3.15. The first-order valence-electron chi connectivity index (χ1n) is 8.50. The molecule has 1 aliphatic heterocycles. The second kappa shape index (κ2) is 6.38. The highest BCUT2D eigenvalue weighted by Crippen LogP contribution is 2.41. The van der Waals surface area contributed by atoms with Crippen LogP contribution in [-0.2, 0) is 4.79 Å². The number of urea groups is 1. The van der Waals surface area contributed by atoms with Gasteiger partial charge < -0.3 is 15.4 Å². The molecule has 1 aromatic heterocycles. The van der Waals surface area contributed by atoms with E-state index < -0.39 is 23.4 Å². The first-order chi connectivity index (χ1) is 13.0. The van der Waals surface area contributed by atoms with Gasteiger partial charge in [-0.15, -0.1) is 5.10 Å². The molecule has 27 heavy (non-hydrogen) atoms. The van der Waals surface area contributed by atoms with Crippen molar-refractivity contribution in [2.24, 2.45) is 5.92 Å². The minimum absolute atomic E-state index is 0.00344. The number of ether oxygens (including phenoxy) is 1. The van der Waals surface area contributed by atoms with Crippen molar-refractivity contribution < 1.29 is 19.1 Å². The summed E-state index contributed by atoms with van der Waals surface area (Å²) in [5.74, 6) is -0.147. The van der Waals surface area contributed by atoms with E-state index in [0.29, 0.717) is 11.4 Å². The van der Waals surface area contributed by atoms with Crippen LogP contribution in [0.25, 0.3) is 5.69 Å². The number of carbonyl (C=O) groups is 3. The van der Waals surface area contributed by atoms with Crippen LogP contribution < -0.4 is 20.7 Å². The van der Waals surface area contributed by atoms with Crippen LogP contribution in [0.3, 0.4) is 0 Å². The number of benzene rings is 1. The molecule has 140 valence electrons. The van der Waals surface area contributed by atoms with Gasteiger partial charge in [0.05, 0.1) is 25.5 Å². The van der Waals surface area contributed by atoms with Crippen molar-refractivity contribution in [3.63, 3.8) is 0 Å². The number of rotatable bonds is 6. The second-order valence-electron chi connectivity index (χ2n) is 6.55. The standard InChI is InChI=1S/C17H18N6O4/c1-27-12-6-4-11(5-7-12)23-19-8-13(22-23)14(24)18-9-17(10-2-3-10)15(25)20-16(26)21-17/h4-8,10H,2-3,9H2,1H3,(H,18,24)(H2,20,21,25,26)/t17-/m0/s1. The van der Waals surface area contributed by atoms with Gasteiger partial charge in [-0.05, 0) is 43.0 Å². The maximum Gasteiger partial charge on any atom is 0.322 e. The van der Waals surface area contributed by atoms with Crippen LogP contribution in [0.15, 0.2) is 30.5 Å². The maximum atomic E-state index is 12.4. The second-order valence-corrected chi connectivity index (χ2v) is 6.55. The molecule has 0 spiro atoms. The third kappa shape index (κ3) is 3.09. The lowest BCUT2D eigenvalue weighted by atomic mass is 9.93. The molecule has 0 unspecified atom stereocenters. The Balaban J connectivity index is 1.45. The van der Waals surface area contributed by atoms with E-state index in [1.165, 1.54) is 11.0 Å². The van der Waals surface area contributed by atoms with Gasteiger partial charge in [-0.25, -0.2) is 4.79 Å². The number of imide groups is 1. The zero-order valence-electron chi connectivity index (χ0n) is 14.6. The van der Waals surface area contributed by atoms with Crippen LogP contribution in [0.2, 0.25) is 0 Å². The van der Waals surface area contributed by atoms with Crippen LogP contribution in [0, 0.1) is 5.92 Å². The van der Waals surface area contributed by atoms with Crippen LogP contribution in [0.5, 0.6) is 5.75 Å². The molecular formula is C17H18N6O4. The largest absolute Gasteiger partial charge is 0.497 e. The lowest BCUT2D eigenvalue weighted by Gasteiger charge is -2.25. The molecule has 1 aliphatic carbocycles. The highest BCUT2D eigenvalue weighted by molar-refractivity contribution is 6.08. The highest BCUT2D eigenvalue weighted by atomic mass is 16.5. The third-order valence-electron chi connectivity index (χ3n) is 4.80. The van der Waals surface area contributed by atoms with Crippen molar-refractivity contribution >= 4 is 17.8 Å². The van der Waals surface area contributed by atoms with Gasteiger partial charge >= 0.3 is 6.03 Å². The summed E-state index contributed by atoms with van der Waals surface area (Å²) >= 11 is 0. The van der Waals surface area contributed by atoms with E-state index >= 15 is 0 Å². The highest BCUT2D eigenvalue weighted by Gasteiger charge is 2.56. The van der Waals surface area contributed by atoms with Crippen molar-refractivity contribution in [1.29, 1.82) is 0 Å². The molecule has 4 rings (SSSR count). The lowest BCUT2D eigenvalue weighted by Crippen LogP contribution is -2.57. The van der Waals surface area contributed by atoms with Gasteiger partial charge in [0.15, 0.2) is 5.69 Å². The molecule has 0 bridgehead atoms. The molecule has 2 heterocycles. The quantitative estimate of drug-likeness (QED) is 0.614. The van der Waals surface area contributed by atoms with E-state index in [2.05, 4.69) is 26.1 Å². The van der Waals surface area contributed by atoms with E-state index in [1.54, 1.807) is 31.4 Å². The van der Waals surface area contributed by atoms with Crippen LogP contribution in [0.4, 0.5) is 4.79 Å². The minimum atomic E-state index is -1.08. The number of hydrogen-bond donors (Lipinski definition) is 3. The van der Waals surface area contributed by atoms with Crippen molar-refractivity contribution in [2.75, 3.05) is 13.7 Å². The molecule has 2 aliphatic rings. The molecule has 2 fully saturated rings. The summed E-state index contributed by atoms with van der Waals surface area (Å²) in [7, 11) is 1.57. The smallest absolute Gasteiger partial charge is 0.322 e. The van der Waals surface area contributed by atoms with Crippen molar-refractivity contribution in [2.45, 2.75) is 18.4 Å². The summed E-state index contributed by atoms with van der Waals surface area (Å²) in [5, 5.41) is 15.8. The summed E-state index contributed by atoms with van der Waals surface area (Å²) in [6, 6.07) is 6.52. The number of aromatic nitrogens is 3. The normalized spacial score (nSPS) is 21.5. The first-order valence-corrected chi connectivity index (χ1v) is 8.50. The Morgan fingerprint density at radius 1 is 1.33 bits per heavy atom. The molecule has 1 aromatic carbocycles. The summed E-state index contributed by atoms with van der Waals surface area (Å²) in [6.07, 6.45) is 3.01. The number of methoxy groups -OCH3 is 1. The lowest BCUT2D eigenvalue weighted by molar-refractivity contribution is -0.124. The Morgan fingerprint density at radius 2 is 2.07 bits per heavy atom. The zero-order chi connectivity index (χ0) is 19.0. The van der Waals surface area contributed by atoms with Crippen molar-refractivity contribution in [3.05, 3.63) is 36.2 Å². The molecule has 1 atom stereocenters. The predicted octanol–water partition coefficient (Wildman–Crippen LogP) is -0.00610. The van der Waals surface area contributed by atoms with Gasteiger partial charge in [0.25, 0.3) is 11.8 Å². The average molecular weight is 370 g/mol.